The molecule has 0 radical (unpaired) electrons. The number of likely N-dealkylation sites (N-methyl/N-ethyl adjacent to an activating group) is 2. The van der Waals surface area contributed by atoms with Gasteiger partial charge in [-0.15, -0.1) is 0 Å². The predicted molar refractivity (Wildman–Crippen MR) is 151 cm³/mol. The van der Waals surface area contributed by atoms with Crippen LogP contribution in [0.2, 0.25) is 0 Å². The number of nitrogens with zero attached hydrogens (tertiary/aromatic N) is 2. The molecule has 2 atom stereocenters. The summed E-state index contributed by atoms with van der Waals surface area (Å²) < 4.78 is 15.5. The number of carbonyl (C=O) groups is 2. The van der Waals surface area contributed by atoms with Crippen LogP contribution in [0.15, 0.2) is 42.5 Å². The summed E-state index contributed by atoms with van der Waals surface area (Å²) in [5.74, 6) is -0.751. The summed E-state index contributed by atoms with van der Waals surface area (Å²) in [5.41, 5.74) is 1.14. The summed E-state index contributed by atoms with van der Waals surface area (Å²) in [6.07, 6.45) is 1.66. The van der Waals surface area contributed by atoms with Crippen LogP contribution in [0, 0.1) is 11.7 Å². The molecule has 1 heterocycles. The van der Waals surface area contributed by atoms with Gasteiger partial charge in [0.15, 0.2) is 0 Å². The van der Waals surface area contributed by atoms with Gasteiger partial charge in [-0.3, -0.25) is 9.69 Å². The number of hydrogen-bond acceptors (Lipinski definition) is 5. The molecule has 9 heteroatoms. The van der Waals surface area contributed by atoms with Crippen molar-refractivity contribution in [3.05, 3.63) is 59.4 Å². The Morgan fingerprint density at radius 3 is 2.69 bits per heavy atom. The zero-order valence-electron chi connectivity index (χ0n) is 23.4. The lowest BCUT2D eigenvalue weighted by atomic mass is 9.72. The van der Waals surface area contributed by atoms with Gasteiger partial charge < -0.3 is 25.7 Å². The van der Waals surface area contributed by atoms with Gasteiger partial charge in [0.2, 0.25) is 5.91 Å². The summed E-state index contributed by atoms with van der Waals surface area (Å²) in [6, 6.07) is 12.5. The van der Waals surface area contributed by atoms with E-state index in [9.17, 15) is 14.7 Å². The third-order valence-corrected chi connectivity index (χ3v) is 7.71. The molecule has 1 fully saturated rings. The van der Waals surface area contributed by atoms with E-state index in [0.717, 1.165) is 31.5 Å². The normalized spacial score (nSPS) is 17.2. The molecule has 1 saturated heterocycles. The molecular formula is C30H43FN4O4. The largest absolute Gasteiger partial charge is 0.465 e. The molecule has 39 heavy (non-hydrogen) atoms. The van der Waals surface area contributed by atoms with Crippen molar-refractivity contribution in [1.29, 1.82) is 0 Å². The maximum Gasteiger partial charge on any atom is 0.404 e. The Bertz CT molecular complexity index is 1110. The first-order valence-corrected chi connectivity index (χ1v) is 13.9. The molecule has 2 aromatic rings. The van der Waals surface area contributed by atoms with Crippen LogP contribution in [-0.4, -0.2) is 85.4 Å². The van der Waals surface area contributed by atoms with Crippen molar-refractivity contribution in [1.82, 2.24) is 20.4 Å². The number of carbonyl (C=O) groups excluding carboxylic acids is 1. The summed E-state index contributed by atoms with van der Waals surface area (Å²) in [6.45, 7) is 4.97. The molecular weight excluding hydrogens is 499 g/mol. The van der Waals surface area contributed by atoms with Gasteiger partial charge in [-0.2, -0.15) is 0 Å². The molecule has 0 aromatic heterocycles. The zero-order valence-corrected chi connectivity index (χ0v) is 23.4. The Morgan fingerprint density at radius 2 is 1.97 bits per heavy atom. The van der Waals surface area contributed by atoms with Gasteiger partial charge in [0, 0.05) is 44.2 Å². The number of halogens is 1. The minimum atomic E-state index is -1.46. The maximum absolute atomic E-state index is 15.5. The Hall–Kier alpha value is -3.01. The number of amides is 2. The lowest BCUT2D eigenvalue weighted by molar-refractivity contribution is -0.137. The number of benzene rings is 2. The molecule has 1 aliphatic rings. The molecule has 2 aromatic carbocycles. The first kappa shape index (κ1) is 30.5. The number of piperidine rings is 1. The average molecular weight is 543 g/mol. The minimum Gasteiger partial charge on any atom is -0.465 e. The highest BCUT2D eigenvalue weighted by Crippen LogP contribution is 2.44. The van der Waals surface area contributed by atoms with Crippen LogP contribution >= 0.6 is 0 Å². The molecule has 4 N–H and O–H groups in total. The fourth-order valence-corrected chi connectivity index (χ4v) is 5.54. The van der Waals surface area contributed by atoms with Crippen molar-refractivity contribution in [2.75, 3.05) is 53.4 Å². The molecule has 0 aliphatic carbocycles. The zero-order chi connectivity index (χ0) is 28.4. The molecule has 0 spiro atoms. The standard InChI is InChI=1S/C30H43FN4O4/c1-4-22-9-5-10-23(19-22)28-25(12-6-13-26(28)31)30(39,14-8-15-33-29(37)38)24-11-7-17-35(20-24)27(36)21-34(3)18-16-32-2/h5-6,9-10,12-13,19,24,32-33,39H,4,7-8,11,14-18,20-21H2,1-3H3,(H,37,38)/t24-,30+/m1/s1. The van der Waals surface area contributed by atoms with E-state index in [1.807, 2.05) is 50.2 Å². The lowest BCUT2D eigenvalue weighted by Gasteiger charge is -2.44. The van der Waals surface area contributed by atoms with E-state index in [-0.39, 0.29) is 31.3 Å². The first-order chi connectivity index (χ1) is 18.7. The second-order valence-corrected chi connectivity index (χ2v) is 10.5. The van der Waals surface area contributed by atoms with E-state index < -0.39 is 17.5 Å². The number of likely N-dealkylation sites (tertiary alicyclic amines) is 1. The third-order valence-electron chi connectivity index (χ3n) is 7.71. The third kappa shape index (κ3) is 8.00. The van der Waals surface area contributed by atoms with Crippen LogP contribution in [0.5, 0.6) is 0 Å². The van der Waals surface area contributed by atoms with Crippen LogP contribution in [-0.2, 0) is 16.8 Å². The monoisotopic (exact) mass is 542 g/mol. The lowest BCUT2D eigenvalue weighted by Crippen LogP contribution is -2.50. The van der Waals surface area contributed by atoms with E-state index in [2.05, 4.69) is 10.6 Å². The Morgan fingerprint density at radius 1 is 1.21 bits per heavy atom. The second kappa shape index (κ2) is 14.4. The van der Waals surface area contributed by atoms with Crippen LogP contribution in [0.25, 0.3) is 11.1 Å². The molecule has 1 aliphatic heterocycles. The highest BCUT2D eigenvalue weighted by molar-refractivity contribution is 5.78. The first-order valence-electron chi connectivity index (χ1n) is 13.9. The van der Waals surface area contributed by atoms with E-state index in [4.69, 9.17) is 5.11 Å². The van der Waals surface area contributed by atoms with Crippen molar-refractivity contribution < 1.29 is 24.2 Å². The average Bonchev–Trinajstić information content (AvgIpc) is 2.93. The summed E-state index contributed by atoms with van der Waals surface area (Å²) in [4.78, 5) is 28.0. The number of hydrogen-bond donors (Lipinski definition) is 4. The summed E-state index contributed by atoms with van der Waals surface area (Å²) >= 11 is 0. The topological polar surface area (TPSA) is 105 Å². The Kier molecular flexibility index (Phi) is 11.3. The van der Waals surface area contributed by atoms with Crippen LogP contribution in [0.3, 0.4) is 0 Å². The van der Waals surface area contributed by atoms with Gasteiger partial charge in [0.1, 0.15) is 5.82 Å². The molecule has 214 valence electrons. The number of rotatable bonds is 13. The van der Waals surface area contributed by atoms with Crippen LogP contribution in [0.4, 0.5) is 9.18 Å². The highest BCUT2D eigenvalue weighted by atomic mass is 19.1. The molecule has 2 amide bonds. The Balaban J connectivity index is 1.96. The summed E-state index contributed by atoms with van der Waals surface area (Å²) in [7, 11) is 3.78. The second-order valence-electron chi connectivity index (χ2n) is 10.5. The van der Waals surface area contributed by atoms with E-state index in [1.165, 1.54) is 6.07 Å². The van der Waals surface area contributed by atoms with Gasteiger partial charge in [0.05, 0.1) is 12.1 Å². The smallest absolute Gasteiger partial charge is 0.404 e. The summed E-state index contributed by atoms with van der Waals surface area (Å²) in [5, 5.41) is 27.0. The van der Waals surface area contributed by atoms with Gasteiger partial charge >= 0.3 is 6.09 Å². The number of nitrogens with one attached hydrogen (secondary N) is 2. The fourth-order valence-electron chi connectivity index (χ4n) is 5.54. The van der Waals surface area contributed by atoms with Crippen molar-refractivity contribution in [3.63, 3.8) is 0 Å². The quantitative estimate of drug-likeness (QED) is 0.288. The molecule has 3 rings (SSSR count). The van der Waals surface area contributed by atoms with Gasteiger partial charge in [-0.1, -0.05) is 43.3 Å². The predicted octanol–water partition coefficient (Wildman–Crippen LogP) is 3.68. The van der Waals surface area contributed by atoms with Gasteiger partial charge in [-0.05, 0) is 69.0 Å². The Labute approximate surface area is 231 Å². The number of aryl methyl sites for hydroxylation is 1. The van der Waals surface area contributed by atoms with Crippen molar-refractivity contribution in [3.8, 4) is 11.1 Å². The molecule has 0 bridgehead atoms. The molecule has 8 nitrogen and oxygen atoms in total. The van der Waals surface area contributed by atoms with Crippen molar-refractivity contribution >= 4 is 12.0 Å². The van der Waals surface area contributed by atoms with Crippen LogP contribution < -0.4 is 10.6 Å². The number of carboxylic acid groups (broad SMARTS) is 1. The molecule has 0 saturated carbocycles. The van der Waals surface area contributed by atoms with Crippen molar-refractivity contribution in [2.45, 2.75) is 44.6 Å². The van der Waals surface area contributed by atoms with Gasteiger partial charge in [-0.25, -0.2) is 9.18 Å². The van der Waals surface area contributed by atoms with E-state index in [0.29, 0.717) is 42.6 Å². The van der Waals surface area contributed by atoms with E-state index in [1.54, 1.807) is 17.0 Å². The molecule has 0 unspecified atom stereocenters. The fraction of sp³-hybridized carbons (Fsp3) is 0.533. The number of aliphatic hydroxyl groups is 1. The van der Waals surface area contributed by atoms with Crippen molar-refractivity contribution in [2.24, 2.45) is 5.92 Å². The van der Waals surface area contributed by atoms with Crippen LogP contribution in [0.1, 0.15) is 43.7 Å². The SMILES string of the molecule is CCc1cccc(-c2c(F)cccc2[C@](O)(CCCNC(=O)O)[C@@H]2CCCN(C(=O)CN(C)CCNC)C2)c1. The van der Waals surface area contributed by atoms with Gasteiger partial charge in [0.25, 0.3) is 0 Å². The maximum atomic E-state index is 15.5. The minimum absolute atomic E-state index is 0.00306. The van der Waals surface area contributed by atoms with E-state index >= 15 is 4.39 Å². The highest BCUT2D eigenvalue weighted by Gasteiger charge is 2.43.